The number of benzene rings is 1. The zero-order valence-corrected chi connectivity index (χ0v) is 11.2. The Morgan fingerprint density at radius 1 is 1.32 bits per heavy atom. The number of aromatic carboxylic acids is 1. The summed E-state index contributed by atoms with van der Waals surface area (Å²) in [7, 11) is -3.33. The quantitative estimate of drug-likeness (QED) is 0.910. The smallest absolute Gasteiger partial charge is 0.372 e. The fourth-order valence-electron chi connectivity index (χ4n) is 2.02. The highest BCUT2D eigenvalue weighted by atomic mass is 32.2. The van der Waals surface area contributed by atoms with E-state index in [9.17, 15) is 13.2 Å². The van der Waals surface area contributed by atoms with E-state index >= 15 is 0 Å². The van der Waals surface area contributed by atoms with Crippen molar-refractivity contribution in [3.8, 4) is 0 Å². The van der Waals surface area contributed by atoms with Crippen LogP contribution in [0.3, 0.4) is 0 Å². The van der Waals surface area contributed by atoms with E-state index in [1.54, 1.807) is 31.2 Å². The van der Waals surface area contributed by atoms with Crippen molar-refractivity contribution in [1.29, 1.82) is 0 Å². The summed E-state index contributed by atoms with van der Waals surface area (Å²) in [6.07, 6.45) is 0.501. The lowest BCUT2D eigenvalue weighted by Crippen LogP contribution is -2.11. The lowest BCUT2D eigenvalue weighted by molar-refractivity contribution is 0.0664. The van der Waals surface area contributed by atoms with Gasteiger partial charge in [0, 0.05) is 10.9 Å². The molecule has 0 amide bonds. The molecule has 102 valence electrons. The molecule has 0 aliphatic heterocycles. The van der Waals surface area contributed by atoms with Crippen LogP contribution in [0.2, 0.25) is 0 Å². The molecule has 2 rings (SSSR count). The molecule has 0 bridgehead atoms. The highest BCUT2D eigenvalue weighted by Crippen LogP contribution is 2.27. The Kier molecular flexibility index (Phi) is 3.61. The van der Waals surface area contributed by atoms with Crippen molar-refractivity contribution < 1.29 is 22.7 Å². The molecule has 0 aliphatic rings. The first-order valence-corrected chi connectivity index (χ1v) is 7.71. The minimum absolute atomic E-state index is 0.0333. The number of rotatable bonds is 5. The zero-order valence-electron chi connectivity index (χ0n) is 10.4. The number of hydrogen-bond acceptors (Lipinski definition) is 4. The van der Waals surface area contributed by atoms with Crippen LogP contribution in [0.4, 0.5) is 0 Å². The highest BCUT2D eigenvalue weighted by molar-refractivity contribution is 7.90. The average molecular weight is 282 g/mol. The van der Waals surface area contributed by atoms with Crippen LogP contribution < -0.4 is 0 Å². The van der Waals surface area contributed by atoms with Crippen molar-refractivity contribution in [2.24, 2.45) is 0 Å². The predicted molar refractivity (Wildman–Crippen MR) is 71.0 cm³/mol. The molecule has 0 aliphatic carbocycles. The van der Waals surface area contributed by atoms with Crippen molar-refractivity contribution in [2.45, 2.75) is 19.1 Å². The molecule has 0 unspecified atom stereocenters. The van der Waals surface area contributed by atoms with Crippen molar-refractivity contribution in [3.63, 3.8) is 0 Å². The van der Waals surface area contributed by atoms with Gasteiger partial charge in [-0.05, 0) is 12.5 Å². The van der Waals surface area contributed by atoms with Crippen LogP contribution in [0, 0.1) is 0 Å². The molecule has 1 aromatic carbocycles. The minimum atomic E-state index is -3.33. The molecule has 2 aromatic rings. The van der Waals surface area contributed by atoms with E-state index in [4.69, 9.17) is 9.52 Å². The number of carboxylic acids is 1. The Bertz CT molecular complexity index is 712. The topological polar surface area (TPSA) is 84.6 Å². The van der Waals surface area contributed by atoms with Gasteiger partial charge in [-0.15, -0.1) is 0 Å². The molecule has 0 radical (unpaired) electrons. The molecular formula is C13H14O5S. The van der Waals surface area contributed by atoms with Crippen LogP contribution in [0.25, 0.3) is 11.0 Å². The molecule has 1 heterocycles. The summed E-state index contributed by atoms with van der Waals surface area (Å²) in [6.45, 7) is 1.77. The number of hydrogen-bond donors (Lipinski definition) is 1. The number of carboxylic acid groups (broad SMARTS) is 1. The van der Waals surface area contributed by atoms with Gasteiger partial charge in [-0.25, -0.2) is 13.2 Å². The first kappa shape index (κ1) is 13.6. The van der Waals surface area contributed by atoms with Crippen LogP contribution in [0.15, 0.2) is 28.7 Å². The van der Waals surface area contributed by atoms with E-state index in [1.807, 2.05) is 0 Å². The molecule has 19 heavy (non-hydrogen) atoms. The first-order valence-electron chi connectivity index (χ1n) is 5.88. The van der Waals surface area contributed by atoms with Gasteiger partial charge in [0.1, 0.15) is 5.58 Å². The Labute approximate surface area is 110 Å². The molecule has 0 saturated heterocycles. The maximum atomic E-state index is 11.9. The second kappa shape index (κ2) is 5.05. The summed E-state index contributed by atoms with van der Waals surface area (Å²) >= 11 is 0. The third kappa shape index (κ3) is 2.78. The fourth-order valence-corrected chi connectivity index (χ4v) is 3.51. The summed E-state index contributed by atoms with van der Waals surface area (Å²) in [4.78, 5) is 11.1. The van der Waals surface area contributed by atoms with Crippen LogP contribution in [-0.4, -0.2) is 25.2 Å². The van der Waals surface area contributed by atoms with Gasteiger partial charge < -0.3 is 9.52 Å². The molecule has 1 N–H and O–H groups in total. The van der Waals surface area contributed by atoms with Crippen LogP contribution in [0.5, 0.6) is 0 Å². The fraction of sp³-hybridized carbons (Fsp3) is 0.308. The zero-order chi connectivity index (χ0) is 14.0. The molecule has 0 saturated carbocycles. The summed E-state index contributed by atoms with van der Waals surface area (Å²) in [5, 5.41) is 9.65. The van der Waals surface area contributed by atoms with Crippen LogP contribution >= 0.6 is 0 Å². The second-order valence-corrected chi connectivity index (χ2v) is 6.49. The Balaban J connectivity index is 2.57. The van der Waals surface area contributed by atoms with Gasteiger partial charge in [-0.1, -0.05) is 25.1 Å². The van der Waals surface area contributed by atoms with E-state index in [2.05, 4.69) is 0 Å². The van der Waals surface area contributed by atoms with E-state index < -0.39 is 15.8 Å². The summed E-state index contributed by atoms with van der Waals surface area (Å²) in [5.74, 6) is -1.82. The van der Waals surface area contributed by atoms with E-state index in [0.29, 0.717) is 17.4 Å². The molecule has 0 fully saturated rings. The van der Waals surface area contributed by atoms with Crippen LogP contribution in [-0.2, 0) is 15.6 Å². The highest BCUT2D eigenvalue weighted by Gasteiger charge is 2.24. The third-order valence-electron chi connectivity index (χ3n) is 2.77. The Morgan fingerprint density at radius 2 is 2.00 bits per heavy atom. The van der Waals surface area contributed by atoms with Gasteiger partial charge in [-0.3, -0.25) is 0 Å². The van der Waals surface area contributed by atoms with Crippen molar-refractivity contribution in [1.82, 2.24) is 0 Å². The van der Waals surface area contributed by atoms with Gasteiger partial charge in [0.15, 0.2) is 9.84 Å². The van der Waals surface area contributed by atoms with Gasteiger partial charge in [-0.2, -0.15) is 0 Å². The third-order valence-corrected chi connectivity index (χ3v) is 4.53. The normalized spacial score (nSPS) is 11.8. The molecule has 0 atom stereocenters. The monoisotopic (exact) mass is 282 g/mol. The number of furan rings is 1. The largest absolute Gasteiger partial charge is 0.475 e. The van der Waals surface area contributed by atoms with E-state index in [0.717, 1.165) is 0 Å². The summed E-state index contributed by atoms with van der Waals surface area (Å²) in [5.41, 5.74) is 0.623. The lowest BCUT2D eigenvalue weighted by Gasteiger charge is -2.02. The van der Waals surface area contributed by atoms with Crippen molar-refractivity contribution >= 4 is 26.8 Å². The number of para-hydroxylation sites is 1. The van der Waals surface area contributed by atoms with Gasteiger partial charge in [0.25, 0.3) is 0 Å². The number of carbonyl (C=O) groups is 1. The second-order valence-electron chi connectivity index (χ2n) is 4.30. The standard InChI is InChI=1S/C13H14O5S/c1-2-7-19(16,17)8-10-9-5-3-4-6-11(9)18-12(10)13(14)15/h3-6H,2,7-8H2,1H3,(H,14,15). The van der Waals surface area contributed by atoms with E-state index in [1.165, 1.54) is 0 Å². The lowest BCUT2D eigenvalue weighted by atomic mass is 10.1. The van der Waals surface area contributed by atoms with E-state index in [-0.39, 0.29) is 22.8 Å². The average Bonchev–Trinajstić information content (AvgIpc) is 2.68. The summed E-state index contributed by atoms with van der Waals surface area (Å²) < 4.78 is 29.0. The van der Waals surface area contributed by atoms with Gasteiger partial charge >= 0.3 is 5.97 Å². The molecule has 0 spiro atoms. The van der Waals surface area contributed by atoms with Crippen molar-refractivity contribution in [3.05, 3.63) is 35.6 Å². The number of fused-ring (bicyclic) bond motifs is 1. The predicted octanol–water partition coefficient (Wildman–Crippen LogP) is 2.46. The van der Waals surface area contributed by atoms with Gasteiger partial charge in [0.05, 0.1) is 11.5 Å². The first-order chi connectivity index (χ1) is 8.94. The maximum absolute atomic E-state index is 11.9. The number of sulfone groups is 1. The SMILES string of the molecule is CCCS(=O)(=O)Cc1c(C(=O)O)oc2ccccc12. The Morgan fingerprint density at radius 3 is 2.63 bits per heavy atom. The maximum Gasteiger partial charge on any atom is 0.372 e. The molecule has 6 heteroatoms. The molecule has 1 aromatic heterocycles. The molecule has 5 nitrogen and oxygen atoms in total. The summed E-state index contributed by atoms with van der Waals surface area (Å²) in [6, 6.07) is 6.72. The van der Waals surface area contributed by atoms with Gasteiger partial charge in [0.2, 0.25) is 5.76 Å². The van der Waals surface area contributed by atoms with Crippen LogP contribution in [0.1, 0.15) is 29.5 Å². The minimum Gasteiger partial charge on any atom is -0.475 e. The Hall–Kier alpha value is -1.82. The molecular weight excluding hydrogens is 268 g/mol. The van der Waals surface area contributed by atoms with Crippen molar-refractivity contribution in [2.75, 3.05) is 5.75 Å².